The molecule has 33 heavy (non-hydrogen) atoms. The third kappa shape index (κ3) is 4.22. The van der Waals surface area contributed by atoms with Gasteiger partial charge in [-0.05, 0) is 31.2 Å². The molecule has 0 spiro atoms. The highest BCUT2D eigenvalue weighted by Gasteiger charge is 2.22. The fourth-order valence-electron chi connectivity index (χ4n) is 3.50. The predicted octanol–water partition coefficient (Wildman–Crippen LogP) is 3.29. The topological polar surface area (TPSA) is 119 Å². The van der Waals surface area contributed by atoms with E-state index in [0.717, 1.165) is 0 Å². The lowest BCUT2D eigenvalue weighted by Crippen LogP contribution is -2.29. The van der Waals surface area contributed by atoms with Gasteiger partial charge in [-0.2, -0.15) is 4.98 Å². The fraction of sp³-hybridized carbons (Fsp3) is 0.174. The van der Waals surface area contributed by atoms with Gasteiger partial charge in [-0.3, -0.25) is 14.2 Å². The molecule has 4 aromatic rings. The molecule has 0 saturated carbocycles. The summed E-state index contributed by atoms with van der Waals surface area (Å²) >= 11 is 6.34. The molecule has 0 aliphatic carbocycles. The van der Waals surface area contributed by atoms with E-state index in [1.54, 1.807) is 32.3 Å². The molecule has 0 aliphatic rings. The van der Waals surface area contributed by atoms with Crippen LogP contribution in [-0.4, -0.2) is 44.4 Å². The zero-order valence-corrected chi connectivity index (χ0v) is 19.0. The molecule has 4 rings (SSSR count). The number of nitrogens with one attached hydrogen (secondary N) is 1. The maximum absolute atomic E-state index is 13.6. The number of carbonyl (C=O) groups is 1. The smallest absolute Gasteiger partial charge is 0.267 e. The first kappa shape index (κ1) is 22.2. The van der Waals surface area contributed by atoms with Gasteiger partial charge in [-0.1, -0.05) is 35.9 Å². The molecule has 1 atom stereocenters. The van der Waals surface area contributed by atoms with Crippen molar-refractivity contribution < 1.29 is 4.79 Å². The number of hydrogen-bond acceptors (Lipinski definition) is 7. The summed E-state index contributed by atoms with van der Waals surface area (Å²) in [6.07, 6.45) is 1.37. The maximum Gasteiger partial charge on any atom is 0.267 e. The van der Waals surface area contributed by atoms with Crippen LogP contribution in [0.5, 0.6) is 0 Å². The van der Waals surface area contributed by atoms with Crippen LogP contribution in [0.25, 0.3) is 16.6 Å². The minimum Gasteiger partial charge on any atom is -0.368 e. The number of amides is 1. The largest absolute Gasteiger partial charge is 0.368 e. The van der Waals surface area contributed by atoms with Gasteiger partial charge in [-0.15, -0.1) is 0 Å². The van der Waals surface area contributed by atoms with Crippen LogP contribution in [0.1, 0.15) is 29.1 Å². The van der Waals surface area contributed by atoms with E-state index in [0.29, 0.717) is 27.4 Å². The highest BCUT2D eigenvalue weighted by Crippen LogP contribution is 2.25. The number of para-hydroxylation sites is 1. The Morgan fingerprint density at radius 3 is 2.55 bits per heavy atom. The molecule has 0 bridgehead atoms. The molecule has 1 amide bonds. The van der Waals surface area contributed by atoms with Crippen LogP contribution >= 0.6 is 11.6 Å². The number of halogens is 1. The van der Waals surface area contributed by atoms with Gasteiger partial charge < -0.3 is 16.0 Å². The van der Waals surface area contributed by atoms with Crippen LogP contribution in [0.3, 0.4) is 0 Å². The first-order chi connectivity index (χ1) is 15.8. The van der Waals surface area contributed by atoms with Crippen molar-refractivity contribution in [2.45, 2.75) is 13.0 Å². The van der Waals surface area contributed by atoms with Crippen LogP contribution in [0.2, 0.25) is 5.02 Å². The van der Waals surface area contributed by atoms with Crippen molar-refractivity contribution in [1.29, 1.82) is 0 Å². The number of carbonyl (C=O) groups excluding carboxylic acids is 1. The van der Waals surface area contributed by atoms with Crippen LogP contribution in [0.4, 0.5) is 11.8 Å². The number of aromatic nitrogens is 4. The molecular formula is C23H22ClN7O2. The molecule has 10 heteroatoms. The van der Waals surface area contributed by atoms with Crippen molar-refractivity contribution >= 4 is 40.2 Å². The van der Waals surface area contributed by atoms with Gasteiger partial charge in [-0.25, -0.2) is 9.97 Å². The Morgan fingerprint density at radius 1 is 1.12 bits per heavy atom. The van der Waals surface area contributed by atoms with Gasteiger partial charge in [0, 0.05) is 20.3 Å². The van der Waals surface area contributed by atoms with Crippen LogP contribution in [-0.2, 0) is 0 Å². The summed E-state index contributed by atoms with van der Waals surface area (Å²) in [5.41, 5.74) is 6.83. The molecule has 9 nitrogen and oxygen atoms in total. The minimum absolute atomic E-state index is 0.0127. The maximum atomic E-state index is 13.6. The summed E-state index contributed by atoms with van der Waals surface area (Å²) in [4.78, 5) is 40.5. The lowest BCUT2D eigenvalue weighted by molar-refractivity contribution is 0.0827. The zero-order chi connectivity index (χ0) is 23.7. The average molecular weight is 464 g/mol. The van der Waals surface area contributed by atoms with E-state index >= 15 is 0 Å². The number of anilines is 2. The van der Waals surface area contributed by atoms with Gasteiger partial charge in [0.25, 0.3) is 11.5 Å². The molecule has 2 aromatic heterocycles. The van der Waals surface area contributed by atoms with Gasteiger partial charge in [0.15, 0.2) is 0 Å². The van der Waals surface area contributed by atoms with Gasteiger partial charge in [0.1, 0.15) is 17.2 Å². The fourth-order valence-corrected chi connectivity index (χ4v) is 3.75. The second kappa shape index (κ2) is 8.87. The molecule has 0 saturated heterocycles. The Morgan fingerprint density at radius 2 is 1.85 bits per heavy atom. The molecule has 3 N–H and O–H groups in total. The van der Waals surface area contributed by atoms with Crippen molar-refractivity contribution in [2.75, 3.05) is 25.1 Å². The molecule has 0 radical (unpaired) electrons. The predicted molar refractivity (Wildman–Crippen MR) is 129 cm³/mol. The summed E-state index contributed by atoms with van der Waals surface area (Å²) in [5, 5.41) is 3.84. The lowest BCUT2D eigenvalue weighted by atomic mass is 10.2. The van der Waals surface area contributed by atoms with E-state index in [1.807, 2.05) is 37.3 Å². The summed E-state index contributed by atoms with van der Waals surface area (Å²) < 4.78 is 1.50. The molecule has 2 aromatic carbocycles. The Kier molecular flexibility index (Phi) is 5.97. The highest BCUT2D eigenvalue weighted by atomic mass is 35.5. The number of nitrogens with zero attached hydrogens (tertiary/aromatic N) is 5. The SMILES string of the molecule is CC(Nc1nc(N)ncc1C(=O)N(C)C)c1nc2cccc(Cl)c2c(=O)n1-c1ccccc1. The van der Waals surface area contributed by atoms with Crippen molar-refractivity contribution in [3.8, 4) is 5.69 Å². The molecule has 1 unspecified atom stereocenters. The molecule has 0 aliphatic heterocycles. The average Bonchev–Trinajstić information content (AvgIpc) is 2.79. The third-order valence-corrected chi connectivity index (χ3v) is 5.39. The quantitative estimate of drug-likeness (QED) is 0.466. The van der Waals surface area contributed by atoms with E-state index < -0.39 is 6.04 Å². The van der Waals surface area contributed by atoms with Crippen LogP contribution < -0.4 is 16.6 Å². The molecular weight excluding hydrogens is 442 g/mol. The number of benzene rings is 2. The molecule has 168 valence electrons. The van der Waals surface area contributed by atoms with Gasteiger partial charge in [0.05, 0.1) is 27.7 Å². The van der Waals surface area contributed by atoms with E-state index in [4.69, 9.17) is 22.3 Å². The van der Waals surface area contributed by atoms with Gasteiger partial charge in [0.2, 0.25) is 5.95 Å². The van der Waals surface area contributed by atoms with Crippen molar-refractivity contribution in [2.24, 2.45) is 0 Å². The third-order valence-electron chi connectivity index (χ3n) is 5.07. The lowest BCUT2D eigenvalue weighted by Gasteiger charge is -2.22. The van der Waals surface area contributed by atoms with Crippen LogP contribution in [0.15, 0.2) is 59.5 Å². The van der Waals surface area contributed by atoms with Crippen LogP contribution in [0, 0.1) is 0 Å². The highest BCUT2D eigenvalue weighted by molar-refractivity contribution is 6.35. The first-order valence-electron chi connectivity index (χ1n) is 10.1. The zero-order valence-electron chi connectivity index (χ0n) is 18.3. The van der Waals surface area contributed by atoms with E-state index in [2.05, 4.69) is 15.3 Å². The van der Waals surface area contributed by atoms with E-state index in [-0.39, 0.29) is 28.8 Å². The van der Waals surface area contributed by atoms with E-state index in [1.165, 1.54) is 15.7 Å². The summed E-state index contributed by atoms with van der Waals surface area (Å²) in [5.74, 6) is 0.386. The van der Waals surface area contributed by atoms with Crippen molar-refractivity contribution in [1.82, 2.24) is 24.4 Å². The minimum atomic E-state index is -0.538. The van der Waals surface area contributed by atoms with E-state index in [9.17, 15) is 9.59 Å². The Balaban J connectivity index is 1.90. The number of nitrogen functional groups attached to an aromatic ring is 1. The summed E-state index contributed by atoms with van der Waals surface area (Å²) in [6.45, 7) is 1.82. The molecule has 2 heterocycles. The standard InChI is InChI=1S/C23H22ClN7O2/c1-13(27-19-15(21(32)30(2)3)12-26-23(25)29-19)20-28-17-11-7-10-16(24)18(17)22(33)31(20)14-8-5-4-6-9-14/h4-13H,1-3H3,(H3,25,26,27,29). The Hall–Kier alpha value is -3.98. The number of rotatable bonds is 5. The second-order valence-electron chi connectivity index (χ2n) is 7.64. The monoisotopic (exact) mass is 463 g/mol. The Bertz CT molecular complexity index is 1400. The van der Waals surface area contributed by atoms with Crippen molar-refractivity contribution in [3.05, 3.63) is 81.5 Å². The number of hydrogen-bond donors (Lipinski definition) is 2. The van der Waals surface area contributed by atoms with Gasteiger partial charge >= 0.3 is 0 Å². The normalized spacial score (nSPS) is 11.9. The second-order valence-corrected chi connectivity index (χ2v) is 8.04. The summed E-state index contributed by atoms with van der Waals surface area (Å²) in [6, 6.07) is 13.7. The van der Waals surface area contributed by atoms with Crippen molar-refractivity contribution in [3.63, 3.8) is 0 Å². The number of nitrogens with two attached hydrogens (primary N) is 1. The summed E-state index contributed by atoms with van der Waals surface area (Å²) in [7, 11) is 3.27. The first-order valence-corrected chi connectivity index (χ1v) is 10.5. The number of fused-ring (bicyclic) bond motifs is 1. The molecule has 0 fully saturated rings. The Labute approximate surface area is 194 Å².